The highest BCUT2D eigenvalue weighted by Gasteiger charge is 2.32. The Morgan fingerprint density at radius 1 is 1.00 bits per heavy atom. The van der Waals surface area contributed by atoms with E-state index in [2.05, 4.69) is 4.99 Å². The molecule has 0 saturated carbocycles. The molecule has 1 aliphatic rings. The van der Waals surface area contributed by atoms with Gasteiger partial charge in [-0.25, -0.2) is 4.99 Å². The van der Waals surface area contributed by atoms with E-state index in [9.17, 15) is 9.59 Å². The van der Waals surface area contributed by atoms with Gasteiger partial charge < -0.3 is 9.47 Å². The van der Waals surface area contributed by atoms with Gasteiger partial charge in [-0.2, -0.15) is 0 Å². The summed E-state index contributed by atoms with van der Waals surface area (Å²) in [4.78, 5) is 32.1. The van der Waals surface area contributed by atoms with Crippen LogP contribution in [-0.4, -0.2) is 36.8 Å². The Bertz CT molecular complexity index is 1270. The lowest BCUT2D eigenvalue weighted by Crippen LogP contribution is -2.30. The molecule has 0 unspecified atom stereocenters. The molecule has 1 amide bonds. The first-order chi connectivity index (χ1) is 16.5. The lowest BCUT2D eigenvalue weighted by Gasteiger charge is -2.18. The minimum Gasteiger partial charge on any atom is -0.497 e. The second-order valence-corrected chi connectivity index (χ2v) is 8.64. The van der Waals surface area contributed by atoms with Gasteiger partial charge in [-0.3, -0.25) is 14.5 Å². The number of anilines is 1. The van der Waals surface area contributed by atoms with Crippen LogP contribution in [0.25, 0.3) is 6.08 Å². The topological polar surface area (TPSA) is 68.2 Å². The van der Waals surface area contributed by atoms with Crippen LogP contribution in [0.5, 0.6) is 11.5 Å². The van der Waals surface area contributed by atoms with Crippen LogP contribution in [0.1, 0.15) is 15.9 Å². The van der Waals surface area contributed by atoms with Crippen LogP contribution in [0.2, 0.25) is 5.02 Å². The van der Waals surface area contributed by atoms with E-state index in [1.807, 2.05) is 24.3 Å². The van der Waals surface area contributed by atoms with Gasteiger partial charge in [0.15, 0.2) is 11.0 Å². The van der Waals surface area contributed by atoms with Crippen LogP contribution >= 0.6 is 23.4 Å². The van der Waals surface area contributed by atoms with Crippen LogP contribution in [0, 0.1) is 0 Å². The lowest BCUT2D eigenvalue weighted by molar-refractivity contribution is -0.113. The predicted molar refractivity (Wildman–Crippen MR) is 137 cm³/mol. The van der Waals surface area contributed by atoms with Crippen LogP contribution in [0.3, 0.4) is 0 Å². The number of amidine groups is 1. The number of amides is 1. The quantitative estimate of drug-likeness (QED) is 0.312. The zero-order chi connectivity index (χ0) is 24.1. The molecular formula is C26H21ClN2O4S. The number of methoxy groups -OCH3 is 2. The second kappa shape index (κ2) is 10.6. The van der Waals surface area contributed by atoms with Crippen molar-refractivity contribution in [3.8, 4) is 11.5 Å². The van der Waals surface area contributed by atoms with Gasteiger partial charge in [-0.15, -0.1) is 0 Å². The summed E-state index contributed by atoms with van der Waals surface area (Å²) in [5.41, 5.74) is 2.23. The zero-order valence-corrected chi connectivity index (χ0v) is 20.1. The number of carbonyl (C=O) groups is 2. The molecule has 0 N–H and O–H groups in total. The molecule has 3 aromatic rings. The van der Waals surface area contributed by atoms with Crippen molar-refractivity contribution in [1.82, 2.24) is 0 Å². The molecule has 0 radical (unpaired) electrons. The summed E-state index contributed by atoms with van der Waals surface area (Å²) in [6, 6.07) is 21.2. The minimum atomic E-state index is -0.287. The van der Waals surface area contributed by atoms with Crippen LogP contribution in [0.4, 0.5) is 5.69 Å². The van der Waals surface area contributed by atoms with Crippen molar-refractivity contribution >= 4 is 52.0 Å². The van der Waals surface area contributed by atoms with Gasteiger partial charge in [0.1, 0.15) is 17.2 Å². The van der Waals surface area contributed by atoms with Crippen LogP contribution < -0.4 is 14.4 Å². The Morgan fingerprint density at radius 2 is 1.71 bits per heavy atom. The Balaban J connectivity index is 1.63. The summed E-state index contributed by atoms with van der Waals surface area (Å²) in [6.07, 6.45) is 1.71. The van der Waals surface area contributed by atoms with Gasteiger partial charge in [-0.1, -0.05) is 41.6 Å². The third-order valence-corrected chi connectivity index (χ3v) is 6.25. The van der Waals surface area contributed by atoms with Gasteiger partial charge >= 0.3 is 0 Å². The number of Topliss-reactive ketones (excluding diaryl/α,β-unsaturated/α-hetero) is 1. The van der Waals surface area contributed by atoms with E-state index in [1.54, 1.807) is 68.8 Å². The summed E-state index contributed by atoms with van der Waals surface area (Å²) in [7, 11) is 3.16. The Kier molecular flexibility index (Phi) is 7.35. The molecule has 1 aliphatic heterocycles. The number of ketones is 1. The van der Waals surface area contributed by atoms with Gasteiger partial charge in [0.2, 0.25) is 0 Å². The maximum absolute atomic E-state index is 13.4. The molecular weight excluding hydrogens is 472 g/mol. The third kappa shape index (κ3) is 5.32. The molecule has 0 aliphatic carbocycles. The molecule has 0 saturated heterocycles. The van der Waals surface area contributed by atoms with Gasteiger partial charge in [0, 0.05) is 16.7 Å². The highest BCUT2D eigenvalue weighted by atomic mass is 35.5. The molecule has 172 valence electrons. The fraction of sp³-hybridized carbons (Fsp3) is 0.115. The molecule has 8 heteroatoms. The predicted octanol–water partition coefficient (Wildman–Crippen LogP) is 5.72. The summed E-state index contributed by atoms with van der Waals surface area (Å²) < 4.78 is 10.5. The first-order valence-electron chi connectivity index (χ1n) is 10.3. The Morgan fingerprint density at radius 3 is 2.38 bits per heavy atom. The van der Waals surface area contributed by atoms with Crippen molar-refractivity contribution in [3.63, 3.8) is 0 Å². The maximum atomic E-state index is 13.4. The second-order valence-electron chi connectivity index (χ2n) is 7.26. The summed E-state index contributed by atoms with van der Waals surface area (Å²) in [5.74, 6) is 1.07. The summed E-state index contributed by atoms with van der Waals surface area (Å²) in [5, 5.41) is 0.979. The highest BCUT2D eigenvalue weighted by Crippen LogP contribution is 2.32. The molecule has 0 aromatic heterocycles. The monoisotopic (exact) mass is 492 g/mol. The molecule has 0 atom stereocenters. The molecule has 1 heterocycles. The molecule has 6 nitrogen and oxygen atoms in total. The van der Waals surface area contributed by atoms with E-state index in [0.29, 0.717) is 27.2 Å². The van der Waals surface area contributed by atoms with Gasteiger partial charge in [0.25, 0.3) is 5.91 Å². The van der Waals surface area contributed by atoms with Gasteiger partial charge in [0.05, 0.1) is 25.7 Å². The number of ether oxygens (including phenoxy) is 2. The minimum absolute atomic E-state index is 0.0880. The first-order valence-corrected chi connectivity index (χ1v) is 11.7. The highest BCUT2D eigenvalue weighted by molar-refractivity contribution is 8.14. The van der Waals surface area contributed by atoms with Crippen molar-refractivity contribution in [2.45, 2.75) is 0 Å². The maximum Gasteiger partial charge on any atom is 0.283 e. The number of halogens is 1. The van der Waals surface area contributed by atoms with E-state index in [-0.39, 0.29) is 23.1 Å². The number of thioether (sulfide) groups is 1. The standard InChI is InChI=1S/C26H21ClN2O4S/c1-32-21-12-6-17(7-13-21)14-23-25(31)29(20-4-3-5-22(15-20)33-2)26(28-23)34-16-24(30)18-8-10-19(27)11-9-18/h3-15H,16H2,1-2H3/b23-14-. The fourth-order valence-electron chi connectivity index (χ4n) is 3.28. The van der Waals surface area contributed by atoms with E-state index in [1.165, 1.54) is 16.7 Å². The van der Waals surface area contributed by atoms with E-state index in [0.717, 1.165) is 11.3 Å². The molecule has 4 rings (SSSR count). The average molecular weight is 493 g/mol. The Labute approximate surface area is 206 Å². The molecule has 34 heavy (non-hydrogen) atoms. The number of hydrogen-bond acceptors (Lipinski definition) is 6. The molecule has 3 aromatic carbocycles. The smallest absolute Gasteiger partial charge is 0.283 e. The first kappa shape index (κ1) is 23.6. The van der Waals surface area contributed by atoms with Crippen molar-refractivity contribution in [2.24, 2.45) is 4.99 Å². The van der Waals surface area contributed by atoms with E-state index >= 15 is 0 Å². The third-order valence-electron chi connectivity index (χ3n) is 5.06. The number of rotatable bonds is 7. The fourth-order valence-corrected chi connectivity index (χ4v) is 4.31. The summed E-state index contributed by atoms with van der Waals surface area (Å²) >= 11 is 7.12. The van der Waals surface area contributed by atoms with Crippen LogP contribution in [-0.2, 0) is 4.79 Å². The number of aliphatic imine (C=N–C) groups is 1. The largest absolute Gasteiger partial charge is 0.497 e. The molecule has 0 fully saturated rings. The lowest BCUT2D eigenvalue weighted by atomic mass is 10.1. The van der Waals surface area contributed by atoms with Gasteiger partial charge in [-0.05, 0) is 60.2 Å². The normalized spacial score (nSPS) is 14.3. The number of carbonyl (C=O) groups excluding carboxylic acids is 2. The average Bonchev–Trinajstić information content (AvgIpc) is 3.18. The van der Waals surface area contributed by atoms with E-state index in [4.69, 9.17) is 21.1 Å². The van der Waals surface area contributed by atoms with Crippen molar-refractivity contribution in [2.75, 3.05) is 24.9 Å². The zero-order valence-electron chi connectivity index (χ0n) is 18.5. The van der Waals surface area contributed by atoms with E-state index < -0.39 is 0 Å². The van der Waals surface area contributed by atoms with Crippen molar-refractivity contribution < 1.29 is 19.1 Å². The number of benzene rings is 3. The molecule has 0 bridgehead atoms. The SMILES string of the molecule is COc1ccc(/C=C2\N=C(SCC(=O)c3ccc(Cl)cc3)N(c3cccc(OC)c3)C2=O)cc1. The Hall–Kier alpha value is -3.55. The number of nitrogens with zero attached hydrogens (tertiary/aromatic N) is 2. The van der Waals surface area contributed by atoms with Crippen molar-refractivity contribution in [3.05, 3.63) is 94.6 Å². The summed E-state index contributed by atoms with van der Waals surface area (Å²) in [6.45, 7) is 0. The molecule has 0 spiro atoms. The van der Waals surface area contributed by atoms with Crippen molar-refractivity contribution in [1.29, 1.82) is 0 Å². The van der Waals surface area contributed by atoms with Crippen LogP contribution in [0.15, 0.2) is 83.5 Å². The number of hydrogen-bond donors (Lipinski definition) is 0.